The molecule has 1 aliphatic heterocycles. The van der Waals surface area contributed by atoms with Crippen molar-refractivity contribution < 1.29 is 17.7 Å². The SMILES string of the molecule is Cc1ccnc(NC(=O)C2CCN(S(=O)(=O)c3c(C)noc3C)CC2)c1. The molecule has 0 radical (unpaired) electrons. The zero-order valence-electron chi connectivity index (χ0n) is 15.0. The van der Waals surface area contributed by atoms with Crippen molar-refractivity contribution in [2.24, 2.45) is 5.92 Å². The van der Waals surface area contributed by atoms with Gasteiger partial charge in [0.15, 0.2) is 5.76 Å². The molecule has 0 aliphatic carbocycles. The van der Waals surface area contributed by atoms with Gasteiger partial charge in [-0.1, -0.05) is 5.16 Å². The number of nitrogens with zero attached hydrogens (tertiary/aromatic N) is 3. The van der Waals surface area contributed by atoms with Crippen LogP contribution in [0.2, 0.25) is 0 Å². The standard InChI is InChI=1S/C17H22N4O4S/c1-11-4-7-18-15(10-11)19-17(22)14-5-8-21(9-6-14)26(23,24)16-12(2)20-25-13(16)3/h4,7,10,14H,5-6,8-9H2,1-3H3,(H,18,19,22). The van der Waals surface area contributed by atoms with Crippen LogP contribution in [-0.2, 0) is 14.8 Å². The van der Waals surface area contributed by atoms with Gasteiger partial charge >= 0.3 is 0 Å². The van der Waals surface area contributed by atoms with Crippen LogP contribution in [0, 0.1) is 26.7 Å². The highest BCUT2D eigenvalue weighted by atomic mass is 32.2. The van der Waals surface area contributed by atoms with E-state index in [1.54, 1.807) is 26.1 Å². The number of rotatable bonds is 4. The molecule has 0 aromatic carbocycles. The number of nitrogens with one attached hydrogen (secondary N) is 1. The Morgan fingerprint density at radius 2 is 1.96 bits per heavy atom. The third-order valence-electron chi connectivity index (χ3n) is 4.56. The van der Waals surface area contributed by atoms with Crippen LogP contribution < -0.4 is 5.32 Å². The van der Waals surface area contributed by atoms with Crippen molar-refractivity contribution in [1.82, 2.24) is 14.4 Å². The highest BCUT2D eigenvalue weighted by Crippen LogP contribution is 2.28. The molecule has 140 valence electrons. The Balaban J connectivity index is 1.65. The number of anilines is 1. The summed E-state index contributed by atoms with van der Waals surface area (Å²) in [5.74, 6) is 0.430. The molecule has 1 amide bonds. The fraction of sp³-hybridized carbons (Fsp3) is 0.471. The lowest BCUT2D eigenvalue weighted by molar-refractivity contribution is -0.120. The maximum Gasteiger partial charge on any atom is 0.248 e. The first-order valence-electron chi connectivity index (χ1n) is 8.45. The molecule has 0 saturated carbocycles. The van der Waals surface area contributed by atoms with Crippen LogP contribution in [0.5, 0.6) is 0 Å². The Kier molecular flexibility index (Phi) is 5.10. The van der Waals surface area contributed by atoms with Gasteiger partial charge in [-0.2, -0.15) is 4.31 Å². The average Bonchev–Trinajstić information content (AvgIpc) is 2.94. The van der Waals surface area contributed by atoms with E-state index in [-0.39, 0.29) is 35.6 Å². The van der Waals surface area contributed by atoms with Gasteiger partial charge in [-0.05, 0) is 51.3 Å². The minimum Gasteiger partial charge on any atom is -0.360 e. The molecule has 2 aromatic rings. The Morgan fingerprint density at radius 1 is 1.27 bits per heavy atom. The Morgan fingerprint density at radius 3 is 2.54 bits per heavy atom. The van der Waals surface area contributed by atoms with E-state index < -0.39 is 10.0 Å². The summed E-state index contributed by atoms with van der Waals surface area (Å²) in [5.41, 5.74) is 1.36. The molecule has 1 saturated heterocycles. The molecule has 8 nitrogen and oxygen atoms in total. The van der Waals surface area contributed by atoms with Crippen LogP contribution in [0.15, 0.2) is 27.7 Å². The first-order chi connectivity index (χ1) is 12.3. The molecule has 1 fully saturated rings. The summed E-state index contributed by atoms with van der Waals surface area (Å²) in [6.07, 6.45) is 2.56. The second-order valence-corrected chi connectivity index (χ2v) is 8.41. The molecule has 0 spiro atoms. The minimum absolute atomic E-state index is 0.127. The molecule has 2 aromatic heterocycles. The zero-order chi connectivity index (χ0) is 18.9. The number of aryl methyl sites for hydroxylation is 3. The first kappa shape index (κ1) is 18.5. The summed E-state index contributed by atoms with van der Waals surface area (Å²) in [6.45, 7) is 5.69. The topological polar surface area (TPSA) is 105 Å². The van der Waals surface area contributed by atoms with E-state index in [0.717, 1.165) is 5.56 Å². The predicted octanol–water partition coefficient (Wildman–Crippen LogP) is 2.03. The summed E-state index contributed by atoms with van der Waals surface area (Å²) in [7, 11) is -3.66. The van der Waals surface area contributed by atoms with Crippen molar-refractivity contribution in [2.45, 2.75) is 38.5 Å². The van der Waals surface area contributed by atoms with Gasteiger partial charge in [0, 0.05) is 25.2 Å². The Bertz CT molecular complexity index is 895. The van der Waals surface area contributed by atoms with Crippen molar-refractivity contribution in [3.05, 3.63) is 35.3 Å². The van der Waals surface area contributed by atoms with E-state index >= 15 is 0 Å². The minimum atomic E-state index is -3.66. The number of pyridine rings is 1. The quantitative estimate of drug-likeness (QED) is 0.873. The number of carbonyl (C=O) groups is 1. The van der Waals surface area contributed by atoms with Crippen molar-refractivity contribution >= 4 is 21.7 Å². The zero-order valence-corrected chi connectivity index (χ0v) is 15.8. The van der Waals surface area contributed by atoms with Crippen LogP contribution in [0.3, 0.4) is 0 Å². The number of carbonyl (C=O) groups excluding carboxylic acids is 1. The number of sulfonamides is 1. The van der Waals surface area contributed by atoms with E-state index in [1.165, 1.54) is 4.31 Å². The molecule has 1 N–H and O–H groups in total. The van der Waals surface area contributed by atoms with Gasteiger partial charge in [-0.25, -0.2) is 13.4 Å². The van der Waals surface area contributed by atoms with Crippen LogP contribution in [0.4, 0.5) is 5.82 Å². The van der Waals surface area contributed by atoms with Crippen molar-refractivity contribution in [1.29, 1.82) is 0 Å². The summed E-state index contributed by atoms with van der Waals surface area (Å²) in [6, 6.07) is 3.66. The lowest BCUT2D eigenvalue weighted by atomic mass is 9.97. The second kappa shape index (κ2) is 7.16. The highest BCUT2D eigenvalue weighted by molar-refractivity contribution is 7.89. The van der Waals surface area contributed by atoms with Gasteiger partial charge in [-0.3, -0.25) is 4.79 Å². The van der Waals surface area contributed by atoms with Gasteiger partial charge in [0.2, 0.25) is 15.9 Å². The molecular formula is C17H22N4O4S. The van der Waals surface area contributed by atoms with Crippen LogP contribution >= 0.6 is 0 Å². The maximum atomic E-state index is 12.8. The second-order valence-electron chi connectivity index (χ2n) is 6.54. The molecule has 0 unspecified atom stereocenters. The summed E-state index contributed by atoms with van der Waals surface area (Å²) in [5, 5.41) is 6.53. The third kappa shape index (κ3) is 3.63. The lowest BCUT2D eigenvalue weighted by Crippen LogP contribution is -2.41. The summed E-state index contributed by atoms with van der Waals surface area (Å²) < 4.78 is 32.0. The van der Waals surface area contributed by atoms with E-state index in [9.17, 15) is 13.2 Å². The molecule has 0 bridgehead atoms. The molecule has 3 rings (SSSR count). The van der Waals surface area contributed by atoms with E-state index in [2.05, 4.69) is 15.5 Å². The molecule has 0 atom stereocenters. The van der Waals surface area contributed by atoms with Crippen LogP contribution in [0.1, 0.15) is 29.9 Å². The molecule has 1 aliphatic rings. The van der Waals surface area contributed by atoms with Crippen molar-refractivity contribution in [2.75, 3.05) is 18.4 Å². The van der Waals surface area contributed by atoms with Gasteiger partial charge in [0.05, 0.1) is 0 Å². The summed E-state index contributed by atoms with van der Waals surface area (Å²) in [4.78, 5) is 16.7. The lowest BCUT2D eigenvalue weighted by Gasteiger charge is -2.30. The Hall–Kier alpha value is -2.26. The van der Waals surface area contributed by atoms with Gasteiger partial charge in [-0.15, -0.1) is 0 Å². The number of piperidine rings is 1. The maximum absolute atomic E-state index is 12.8. The van der Waals surface area contributed by atoms with Crippen molar-refractivity contribution in [3.8, 4) is 0 Å². The third-order valence-corrected chi connectivity index (χ3v) is 6.70. The van der Waals surface area contributed by atoms with E-state index in [1.807, 2.05) is 13.0 Å². The molecule has 9 heteroatoms. The molecule has 26 heavy (non-hydrogen) atoms. The van der Waals surface area contributed by atoms with E-state index in [0.29, 0.717) is 24.4 Å². The largest absolute Gasteiger partial charge is 0.360 e. The predicted molar refractivity (Wildman–Crippen MR) is 95.1 cm³/mol. The fourth-order valence-corrected chi connectivity index (χ4v) is 4.92. The van der Waals surface area contributed by atoms with Crippen LogP contribution in [0.25, 0.3) is 0 Å². The van der Waals surface area contributed by atoms with Gasteiger partial charge in [0.1, 0.15) is 16.4 Å². The number of aromatic nitrogens is 2. The number of hydrogen-bond acceptors (Lipinski definition) is 6. The van der Waals surface area contributed by atoms with Gasteiger partial charge < -0.3 is 9.84 Å². The number of hydrogen-bond donors (Lipinski definition) is 1. The highest BCUT2D eigenvalue weighted by Gasteiger charge is 2.35. The smallest absolute Gasteiger partial charge is 0.248 e. The summed E-state index contributed by atoms with van der Waals surface area (Å²) >= 11 is 0. The van der Waals surface area contributed by atoms with Crippen LogP contribution in [-0.4, -0.2) is 41.9 Å². The normalized spacial score (nSPS) is 16.6. The first-order valence-corrected chi connectivity index (χ1v) is 9.89. The monoisotopic (exact) mass is 378 g/mol. The number of amides is 1. The van der Waals surface area contributed by atoms with E-state index in [4.69, 9.17) is 4.52 Å². The average molecular weight is 378 g/mol. The molecular weight excluding hydrogens is 356 g/mol. The van der Waals surface area contributed by atoms with Gasteiger partial charge in [0.25, 0.3) is 0 Å². The fourth-order valence-electron chi connectivity index (χ4n) is 3.16. The molecule has 3 heterocycles. The van der Waals surface area contributed by atoms with Crippen molar-refractivity contribution in [3.63, 3.8) is 0 Å². The Labute approximate surface area is 152 Å².